The quantitative estimate of drug-likeness (QED) is 0.838. The van der Waals surface area contributed by atoms with Crippen LogP contribution in [0.5, 0.6) is 0 Å². The molecule has 0 unspecified atom stereocenters. The van der Waals surface area contributed by atoms with Gasteiger partial charge in [-0.3, -0.25) is 4.79 Å². The van der Waals surface area contributed by atoms with Crippen molar-refractivity contribution in [3.63, 3.8) is 0 Å². The van der Waals surface area contributed by atoms with Crippen LogP contribution in [0.2, 0.25) is 0 Å². The van der Waals surface area contributed by atoms with Crippen molar-refractivity contribution < 1.29 is 4.79 Å². The molecule has 0 radical (unpaired) electrons. The van der Waals surface area contributed by atoms with Crippen molar-refractivity contribution in [2.45, 2.75) is 32.2 Å². The zero-order valence-electron chi connectivity index (χ0n) is 10.2. The lowest BCUT2D eigenvalue weighted by Gasteiger charge is -2.05. The first-order chi connectivity index (χ1) is 8.63. The maximum Gasteiger partial charge on any atom is 0.217 e. The Labute approximate surface area is 110 Å². The summed E-state index contributed by atoms with van der Waals surface area (Å²) in [6, 6.07) is 1.92. The number of carbonyl (C=O) groups excluding carboxylic acids is 1. The molecule has 2 aromatic rings. The number of rotatable bonds is 5. The van der Waals surface area contributed by atoms with Crippen molar-refractivity contribution in [1.82, 2.24) is 14.5 Å². The molecule has 2 rings (SSSR count). The molecule has 0 aliphatic rings. The van der Waals surface area contributed by atoms with Gasteiger partial charge in [-0.25, -0.2) is 9.97 Å². The maximum absolute atomic E-state index is 10.8. The van der Waals surface area contributed by atoms with Gasteiger partial charge in [0.2, 0.25) is 5.91 Å². The Hall–Kier alpha value is -1.62. The minimum Gasteiger partial charge on any atom is -0.370 e. The second kappa shape index (κ2) is 5.35. The molecule has 0 aliphatic heterocycles. The van der Waals surface area contributed by atoms with E-state index in [2.05, 4.69) is 9.97 Å². The lowest BCUT2D eigenvalue weighted by atomic mass is 10.2. The Morgan fingerprint density at radius 3 is 3.00 bits per heavy atom. The molecule has 0 bridgehead atoms. The summed E-state index contributed by atoms with van der Waals surface area (Å²) in [6.07, 6.45) is 2.77. The van der Waals surface area contributed by atoms with Crippen LogP contribution in [0, 0.1) is 6.92 Å². The van der Waals surface area contributed by atoms with Gasteiger partial charge in [-0.1, -0.05) is 0 Å². The molecule has 5 nitrogen and oxygen atoms in total. The van der Waals surface area contributed by atoms with Gasteiger partial charge in [0.05, 0.1) is 5.88 Å². The second-order valence-electron chi connectivity index (χ2n) is 4.18. The van der Waals surface area contributed by atoms with Crippen LogP contribution in [-0.4, -0.2) is 20.4 Å². The molecule has 1 amide bonds. The van der Waals surface area contributed by atoms with Crippen LogP contribution in [0.25, 0.3) is 11.2 Å². The fourth-order valence-corrected chi connectivity index (χ4v) is 2.14. The van der Waals surface area contributed by atoms with Crippen LogP contribution in [0.15, 0.2) is 12.3 Å². The van der Waals surface area contributed by atoms with Crippen LogP contribution in [0.4, 0.5) is 0 Å². The molecule has 0 atom stereocenters. The lowest BCUT2D eigenvalue weighted by Crippen LogP contribution is -2.12. The fraction of sp³-hybridized carbons (Fsp3) is 0.417. The summed E-state index contributed by atoms with van der Waals surface area (Å²) < 4.78 is 1.96. The number of halogens is 1. The van der Waals surface area contributed by atoms with Crippen LogP contribution in [0.3, 0.4) is 0 Å². The lowest BCUT2D eigenvalue weighted by molar-refractivity contribution is -0.118. The summed E-state index contributed by atoms with van der Waals surface area (Å²) in [5.74, 6) is 0.806. The number of alkyl halides is 1. The molecule has 0 aromatic carbocycles. The van der Waals surface area contributed by atoms with Crippen LogP contribution < -0.4 is 5.73 Å². The molecular formula is C12H15ClN4O. The Bertz CT molecular complexity index is 579. The highest BCUT2D eigenvalue weighted by atomic mass is 35.5. The van der Waals surface area contributed by atoms with Crippen molar-refractivity contribution in [1.29, 1.82) is 0 Å². The number of hydrogen-bond donors (Lipinski definition) is 1. The average Bonchev–Trinajstić information content (AvgIpc) is 2.69. The first-order valence-corrected chi connectivity index (χ1v) is 6.32. The highest BCUT2D eigenvalue weighted by Crippen LogP contribution is 2.19. The largest absolute Gasteiger partial charge is 0.370 e. The molecule has 0 spiro atoms. The number of aromatic nitrogens is 3. The predicted octanol–water partition coefficient (Wildman–Crippen LogP) is 1.74. The molecule has 0 saturated heterocycles. The van der Waals surface area contributed by atoms with E-state index >= 15 is 0 Å². The van der Waals surface area contributed by atoms with Crippen molar-refractivity contribution in [3.8, 4) is 0 Å². The number of fused-ring (bicyclic) bond motifs is 1. The van der Waals surface area contributed by atoms with Crippen molar-refractivity contribution in [2.75, 3.05) is 0 Å². The number of amides is 1. The monoisotopic (exact) mass is 266 g/mol. The Balaban J connectivity index is 2.35. The van der Waals surface area contributed by atoms with Gasteiger partial charge in [-0.2, -0.15) is 0 Å². The summed E-state index contributed by atoms with van der Waals surface area (Å²) in [5.41, 5.74) is 7.89. The van der Waals surface area contributed by atoms with Crippen molar-refractivity contribution >= 4 is 28.7 Å². The van der Waals surface area contributed by atoms with E-state index < -0.39 is 0 Å². The van der Waals surface area contributed by atoms with Gasteiger partial charge in [0, 0.05) is 19.2 Å². The molecule has 2 aromatic heterocycles. The third kappa shape index (κ3) is 2.46. The number of aryl methyl sites for hydroxylation is 2. The number of nitrogens with zero attached hydrogens (tertiary/aromatic N) is 3. The summed E-state index contributed by atoms with van der Waals surface area (Å²) in [5, 5.41) is 0. The van der Waals surface area contributed by atoms with Crippen molar-refractivity contribution in [3.05, 3.63) is 23.7 Å². The molecule has 96 valence electrons. The van der Waals surface area contributed by atoms with E-state index in [1.165, 1.54) is 0 Å². The molecule has 0 aliphatic carbocycles. The van der Waals surface area contributed by atoms with E-state index in [4.69, 9.17) is 17.3 Å². The molecule has 18 heavy (non-hydrogen) atoms. The van der Waals surface area contributed by atoms with Crippen LogP contribution in [0.1, 0.15) is 24.2 Å². The average molecular weight is 267 g/mol. The summed E-state index contributed by atoms with van der Waals surface area (Å²) >= 11 is 5.89. The number of primary amides is 1. The number of pyridine rings is 1. The minimum atomic E-state index is -0.295. The highest BCUT2D eigenvalue weighted by molar-refractivity contribution is 6.16. The minimum absolute atomic E-state index is 0.295. The van der Waals surface area contributed by atoms with E-state index in [9.17, 15) is 4.79 Å². The third-order valence-corrected chi connectivity index (χ3v) is 3.08. The Morgan fingerprint density at radius 1 is 1.56 bits per heavy atom. The van der Waals surface area contributed by atoms with Crippen molar-refractivity contribution in [2.24, 2.45) is 5.73 Å². The predicted molar refractivity (Wildman–Crippen MR) is 70.3 cm³/mol. The number of hydrogen-bond acceptors (Lipinski definition) is 3. The van der Waals surface area contributed by atoms with E-state index in [1.807, 2.05) is 17.6 Å². The van der Waals surface area contributed by atoms with Crippen LogP contribution >= 0.6 is 11.6 Å². The zero-order valence-corrected chi connectivity index (χ0v) is 10.9. The first-order valence-electron chi connectivity index (χ1n) is 5.78. The van der Waals surface area contributed by atoms with E-state index in [0.717, 1.165) is 22.6 Å². The Morgan fingerprint density at radius 2 is 2.33 bits per heavy atom. The van der Waals surface area contributed by atoms with Gasteiger partial charge >= 0.3 is 0 Å². The van der Waals surface area contributed by atoms with E-state index in [0.29, 0.717) is 25.3 Å². The second-order valence-corrected chi connectivity index (χ2v) is 4.45. The van der Waals surface area contributed by atoms with Gasteiger partial charge < -0.3 is 10.3 Å². The summed E-state index contributed by atoms with van der Waals surface area (Å²) in [4.78, 5) is 19.6. The molecule has 2 heterocycles. The van der Waals surface area contributed by atoms with Gasteiger partial charge in [0.25, 0.3) is 0 Å². The topological polar surface area (TPSA) is 73.8 Å². The first kappa shape index (κ1) is 12.8. The molecule has 6 heteroatoms. The van der Waals surface area contributed by atoms with E-state index in [1.54, 1.807) is 6.20 Å². The molecule has 0 saturated carbocycles. The standard InChI is InChI=1S/C12H15ClN4O/c1-8-4-5-15-12-11(8)16-10(7-13)17(12)6-2-3-9(14)18/h4-5H,2-3,6-7H2,1H3,(H2,14,18). The molecular weight excluding hydrogens is 252 g/mol. The van der Waals surface area contributed by atoms with E-state index in [-0.39, 0.29) is 5.91 Å². The third-order valence-electron chi connectivity index (χ3n) is 2.84. The number of nitrogens with two attached hydrogens (primary N) is 1. The van der Waals surface area contributed by atoms with Gasteiger partial charge in [0.1, 0.15) is 11.3 Å². The summed E-state index contributed by atoms with van der Waals surface area (Å²) in [7, 11) is 0. The molecule has 2 N–H and O–H groups in total. The molecule has 0 fully saturated rings. The fourth-order valence-electron chi connectivity index (χ4n) is 1.93. The van der Waals surface area contributed by atoms with Gasteiger partial charge in [-0.05, 0) is 25.0 Å². The maximum atomic E-state index is 10.8. The van der Waals surface area contributed by atoms with Gasteiger partial charge in [0.15, 0.2) is 5.65 Å². The zero-order chi connectivity index (χ0) is 13.1. The normalized spacial score (nSPS) is 11.0. The van der Waals surface area contributed by atoms with Gasteiger partial charge in [-0.15, -0.1) is 11.6 Å². The SMILES string of the molecule is Cc1ccnc2c1nc(CCl)n2CCCC(N)=O. The number of carbonyl (C=O) groups is 1. The summed E-state index contributed by atoms with van der Waals surface area (Å²) in [6.45, 7) is 2.64. The number of imidazole rings is 1. The smallest absolute Gasteiger partial charge is 0.217 e. The Kier molecular flexibility index (Phi) is 3.81. The van der Waals surface area contributed by atoms with Crippen LogP contribution in [-0.2, 0) is 17.2 Å². The highest BCUT2D eigenvalue weighted by Gasteiger charge is 2.12.